The van der Waals surface area contributed by atoms with Crippen LogP contribution in [0.1, 0.15) is 38.3 Å². The fourth-order valence-corrected chi connectivity index (χ4v) is 2.31. The lowest BCUT2D eigenvalue weighted by atomic mass is 9.91. The van der Waals surface area contributed by atoms with Crippen LogP contribution in [0.25, 0.3) is 0 Å². The van der Waals surface area contributed by atoms with Gasteiger partial charge in [0.2, 0.25) is 0 Å². The SMILES string of the molecule is CCCC(C)C(NN)c1cc(Cl)ccc1OC. The normalized spacial score (nSPS) is 14.4. The predicted molar refractivity (Wildman–Crippen MR) is 72.1 cm³/mol. The molecular weight excluding hydrogens is 236 g/mol. The molecule has 4 heteroatoms. The summed E-state index contributed by atoms with van der Waals surface area (Å²) >= 11 is 6.03. The Balaban J connectivity index is 3.05. The lowest BCUT2D eigenvalue weighted by Crippen LogP contribution is -2.32. The van der Waals surface area contributed by atoms with Gasteiger partial charge in [-0.2, -0.15) is 0 Å². The number of hydrogen-bond acceptors (Lipinski definition) is 3. The van der Waals surface area contributed by atoms with E-state index < -0.39 is 0 Å². The van der Waals surface area contributed by atoms with Crippen LogP contribution in [-0.2, 0) is 0 Å². The molecule has 0 radical (unpaired) electrons. The first-order chi connectivity index (χ1) is 8.13. The molecule has 3 N–H and O–H groups in total. The lowest BCUT2D eigenvalue weighted by molar-refractivity contribution is 0.345. The fourth-order valence-electron chi connectivity index (χ4n) is 2.13. The standard InChI is InChI=1S/C13H21ClN2O/c1-4-5-9(2)13(16-15)11-8-10(14)6-7-12(11)17-3/h6-9,13,16H,4-5,15H2,1-3H3. The number of hydrazine groups is 1. The molecule has 0 aromatic heterocycles. The highest BCUT2D eigenvalue weighted by molar-refractivity contribution is 6.30. The van der Waals surface area contributed by atoms with Crippen LogP contribution >= 0.6 is 11.6 Å². The van der Waals surface area contributed by atoms with E-state index in [1.165, 1.54) is 0 Å². The van der Waals surface area contributed by atoms with Crippen molar-refractivity contribution in [2.24, 2.45) is 11.8 Å². The van der Waals surface area contributed by atoms with Gasteiger partial charge in [0.25, 0.3) is 0 Å². The fraction of sp³-hybridized carbons (Fsp3) is 0.538. The number of benzene rings is 1. The van der Waals surface area contributed by atoms with Crippen molar-refractivity contribution in [1.82, 2.24) is 5.43 Å². The van der Waals surface area contributed by atoms with E-state index in [9.17, 15) is 0 Å². The molecule has 0 bridgehead atoms. The Labute approximate surface area is 108 Å². The Morgan fingerprint density at radius 3 is 2.71 bits per heavy atom. The lowest BCUT2D eigenvalue weighted by Gasteiger charge is -2.25. The van der Waals surface area contributed by atoms with Gasteiger partial charge in [-0.1, -0.05) is 31.9 Å². The van der Waals surface area contributed by atoms with Crippen LogP contribution in [0, 0.1) is 5.92 Å². The molecule has 1 aromatic rings. The number of hydrogen-bond donors (Lipinski definition) is 2. The van der Waals surface area contributed by atoms with Crippen molar-refractivity contribution in [3.05, 3.63) is 28.8 Å². The van der Waals surface area contributed by atoms with E-state index in [4.69, 9.17) is 22.2 Å². The van der Waals surface area contributed by atoms with Crippen LogP contribution in [0.5, 0.6) is 5.75 Å². The number of nitrogens with one attached hydrogen (secondary N) is 1. The molecule has 3 nitrogen and oxygen atoms in total. The van der Waals surface area contributed by atoms with Crippen LogP contribution in [-0.4, -0.2) is 7.11 Å². The van der Waals surface area contributed by atoms with Crippen LogP contribution in [0.2, 0.25) is 5.02 Å². The molecule has 0 saturated heterocycles. The van der Waals surface area contributed by atoms with E-state index >= 15 is 0 Å². The summed E-state index contributed by atoms with van der Waals surface area (Å²) in [6, 6.07) is 5.67. The molecule has 0 amide bonds. The van der Waals surface area contributed by atoms with Gasteiger partial charge < -0.3 is 4.74 Å². The van der Waals surface area contributed by atoms with Gasteiger partial charge in [0.1, 0.15) is 5.75 Å². The van der Waals surface area contributed by atoms with Crippen LogP contribution in [0.4, 0.5) is 0 Å². The Hall–Kier alpha value is -0.770. The van der Waals surface area contributed by atoms with Gasteiger partial charge in [-0.3, -0.25) is 11.3 Å². The van der Waals surface area contributed by atoms with Crippen molar-refractivity contribution >= 4 is 11.6 Å². The molecule has 1 rings (SSSR count). The van der Waals surface area contributed by atoms with E-state index in [1.807, 2.05) is 18.2 Å². The predicted octanol–water partition coefficient (Wildman–Crippen LogP) is 3.29. The number of methoxy groups -OCH3 is 1. The Morgan fingerprint density at radius 1 is 1.47 bits per heavy atom. The maximum Gasteiger partial charge on any atom is 0.123 e. The summed E-state index contributed by atoms with van der Waals surface area (Å²) in [4.78, 5) is 0. The molecule has 17 heavy (non-hydrogen) atoms. The van der Waals surface area contributed by atoms with E-state index in [0.29, 0.717) is 10.9 Å². The van der Waals surface area contributed by atoms with E-state index in [2.05, 4.69) is 19.3 Å². The molecule has 96 valence electrons. The van der Waals surface area contributed by atoms with Crippen molar-refractivity contribution in [3.63, 3.8) is 0 Å². The zero-order valence-electron chi connectivity index (χ0n) is 10.7. The van der Waals surface area contributed by atoms with Gasteiger partial charge in [-0.05, 0) is 30.5 Å². The highest BCUT2D eigenvalue weighted by Crippen LogP contribution is 2.33. The van der Waals surface area contributed by atoms with Crippen LogP contribution < -0.4 is 16.0 Å². The second-order valence-corrected chi connectivity index (χ2v) is 4.73. The van der Waals surface area contributed by atoms with E-state index in [0.717, 1.165) is 24.2 Å². The quantitative estimate of drug-likeness (QED) is 0.607. The first-order valence-corrected chi connectivity index (χ1v) is 6.31. The molecular formula is C13H21ClN2O. The Morgan fingerprint density at radius 2 is 2.18 bits per heavy atom. The second-order valence-electron chi connectivity index (χ2n) is 4.30. The number of rotatable bonds is 6. The molecule has 1 aromatic carbocycles. The minimum atomic E-state index is 0.0589. The minimum absolute atomic E-state index is 0.0589. The van der Waals surface area contributed by atoms with E-state index in [-0.39, 0.29) is 6.04 Å². The molecule has 0 aliphatic heterocycles. The van der Waals surface area contributed by atoms with E-state index in [1.54, 1.807) is 7.11 Å². The summed E-state index contributed by atoms with van der Waals surface area (Å²) < 4.78 is 5.36. The molecule has 0 heterocycles. The van der Waals surface area contributed by atoms with Gasteiger partial charge in [0.05, 0.1) is 13.2 Å². The zero-order valence-corrected chi connectivity index (χ0v) is 11.4. The maximum atomic E-state index is 6.03. The topological polar surface area (TPSA) is 47.3 Å². The van der Waals surface area contributed by atoms with Crippen molar-refractivity contribution < 1.29 is 4.74 Å². The monoisotopic (exact) mass is 256 g/mol. The summed E-state index contributed by atoms with van der Waals surface area (Å²) in [6.45, 7) is 4.34. The van der Waals surface area contributed by atoms with Gasteiger partial charge in [0, 0.05) is 10.6 Å². The summed E-state index contributed by atoms with van der Waals surface area (Å²) in [5, 5.41) is 0.699. The number of nitrogens with two attached hydrogens (primary N) is 1. The third-order valence-corrected chi connectivity index (χ3v) is 3.25. The summed E-state index contributed by atoms with van der Waals surface area (Å²) in [6.07, 6.45) is 2.23. The van der Waals surface area contributed by atoms with Gasteiger partial charge in [-0.15, -0.1) is 0 Å². The highest BCUT2D eigenvalue weighted by Gasteiger charge is 2.21. The molecule has 2 atom stereocenters. The second kappa shape index (κ2) is 6.84. The van der Waals surface area contributed by atoms with Crippen molar-refractivity contribution in [2.75, 3.05) is 7.11 Å². The molecule has 2 unspecified atom stereocenters. The summed E-state index contributed by atoms with van der Waals surface area (Å²) in [5.41, 5.74) is 3.88. The third kappa shape index (κ3) is 3.60. The summed E-state index contributed by atoms with van der Waals surface area (Å²) in [7, 11) is 1.66. The highest BCUT2D eigenvalue weighted by atomic mass is 35.5. The van der Waals surface area contributed by atoms with Gasteiger partial charge in [0.15, 0.2) is 0 Å². The van der Waals surface area contributed by atoms with Crippen molar-refractivity contribution in [3.8, 4) is 5.75 Å². The average Bonchev–Trinajstić information content (AvgIpc) is 2.31. The van der Waals surface area contributed by atoms with Crippen LogP contribution in [0.3, 0.4) is 0 Å². The van der Waals surface area contributed by atoms with Crippen molar-refractivity contribution in [1.29, 1.82) is 0 Å². The largest absolute Gasteiger partial charge is 0.496 e. The van der Waals surface area contributed by atoms with Crippen molar-refractivity contribution in [2.45, 2.75) is 32.7 Å². The molecule has 0 aliphatic rings. The first-order valence-electron chi connectivity index (χ1n) is 5.93. The maximum absolute atomic E-state index is 6.03. The number of halogens is 1. The number of ether oxygens (including phenoxy) is 1. The molecule has 0 spiro atoms. The zero-order chi connectivity index (χ0) is 12.8. The van der Waals surface area contributed by atoms with Gasteiger partial charge >= 0.3 is 0 Å². The molecule has 0 saturated carbocycles. The Kier molecular flexibility index (Phi) is 5.75. The van der Waals surface area contributed by atoms with Crippen LogP contribution in [0.15, 0.2) is 18.2 Å². The smallest absolute Gasteiger partial charge is 0.123 e. The first kappa shape index (κ1) is 14.3. The van der Waals surface area contributed by atoms with Gasteiger partial charge in [-0.25, -0.2) is 0 Å². The minimum Gasteiger partial charge on any atom is -0.496 e. The summed E-state index contributed by atoms with van der Waals surface area (Å²) in [5.74, 6) is 6.91. The Bertz CT molecular complexity index is 357. The molecule has 0 aliphatic carbocycles. The third-order valence-electron chi connectivity index (χ3n) is 3.02. The average molecular weight is 257 g/mol. The molecule has 0 fully saturated rings.